The van der Waals surface area contributed by atoms with Crippen molar-refractivity contribution in [1.82, 2.24) is 24.8 Å². The molecule has 2 N–H and O–H groups in total. The average molecular weight is 463 g/mol. The second-order valence-electron chi connectivity index (χ2n) is 7.88. The number of benzene rings is 1. The number of aromatic nitrogens is 4. The Balaban J connectivity index is 1.53. The predicted molar refractivity (Wildman–Crippen MR) is 133 cm³/mol. The lowest BCUT2D eigenvalue weighted by molar-refractivity contribution is -0.117. The number of imidazole rings is 1. The molecule has 8 nitrogen and oxygen atoms in total. The molecule has 5 rings (SSSR count). The topological polar surface area (TPSA) is 97.4 Å². The van der Waals surface area contributed by atoms with Crippen LogP contribution in [0.4, 0.5) is 5.82 Å². The molecule has 1 amide bonds. The zero-order chi connectivity index (χ0) is 24.2. The lowest BCUT2D eigenvalue weighted by Gasteiger charge is -2.12. The SMILES string of the molecule is CNC(C)C(=O)Nc1ccc(-c2ncc3ccccn23)c(C#Cc2ccc(-c3ccon3)cc2)n1. The number of hydrogen-bond donors (Lipinski definition) is 2. The fourth-order valence-electron chi connectivity index (χ4n) is 3.53. The molecule has 0 saturated heterocycles. The number of anilines is 1. The Morgan fingerprint density at radius 1 is 1.06 bits per heavy atom. The summed E-state index contributed by atoms with van der Waals surface area (Å²) in [5.41, 5.74) is 4.76. The minimum Gasteiger partial charge on any atom is -0.364 e. The third-order valence-electron chi connectivity index (χ3n) is 5.60. The molecule has 0 spiro atoms. The van der Waals surface area contributed by atoms with Gasteiger partial charge in [-0.3, -0.25) is 9.20 Å². The van der Waals surface area contributed by atoms with Gasteiger partial charge in [-0.15, -0.1) is 0 Å². The average Bonchev–Trinajstić information content (AvgIpc) is 3.58. The highest BCUT2D eigenvalue weighted by Crippen LogP contribution is 2.24. The van der Waals surface area contributed by atoms with Crippen molar-refractivity contribution in [1.29, 1.82) is 0 Å². The maximum atomic E-state index is 12.4. The summed E-state index contributed by atoms with van der Waals surface area (Å²) in [5, 5.41) is 9.72. The first kappa shape index (κ1) is 22.1. The molecular weight excluding hydrogens is 440 g/mol. The summed E-state index contributed by atoms with van der Waals surface area (Å²) in [7, 11) is 1.73. The summed E-state index contributed by atoms with van der Waals surface area (Å²) < 4.78 is 6.90. The molecule has 8 heteroatoms. The zero-order valence-electron chi connectivity index (χ0n) is 19.2. The molecule has 1 aromatic carbocycles. The standard InChI is InChI=1S/C27H22N6O2/c1-18(28-2)27(34)31-25-13-11-22(26-29-17-21-5-3-4-15-33(21)26)24(30-25)12-8-19-6-9-20(10-7-19)23-14-16-35-32-23/h3-7,9-11,13-18,28H,1-2H3,(H,30,31,34). The molecule has 172 valence electrons. The van der Waals surface area contributed by atoms with Crippen LogP contribution in [0, 0.1) is 11.8 Å². The van der Waals surface area contributed by atoms with Crippen LogP contribution in [0.3, 0.4) is 0 Å². The van der Waals surface area contributed by atoms with E-state index in [-0.39, 0.29) is 11.9 Å². The lowest BCUT2D eigenvalue weighted by Crippen LogP contribution is -2.35. The number of carbonyl (C=O) groups is 1. The number of pyridine rings is 2. The number of amides is 1. The summed E-state index contributed by atoms with van der Waals surface area (Å²) in [6.45, 7) is 1.78. The van der Waals surface area contributed by atoms with Gasteiger partial charge in [0.15, 0.2) is 0 Å². The van der Waals surface area contributed by atoms with Crippen molar-refractivity contribution in [3.8, 4) is 34.5 Å². The molecular formula is C27H22N6O2. The predicted octanol–water partition coefficient (Wildman–Crippen LogP) is 4.00. The summed E-state index contributed by atoms with van der Waals surface area (Å²) >= 11 is 0. The fraction of sp³-hybridized carbons (Fsp3) is 0.111. The van der Waals surface area contributed by atoms with E-state index in [0.717, 1.165) is 33.7 Å². The Labute approximate surface area is 202 Å². The minimum absolute atomic E-state index is 0.179. The van der Waals surface area contributed by atoms with Gasteiger partial charge in [-0.05, 0) is 56.3 Å². The molecule has 0 aliphatic heterocycles. The normalized spacial score (nSPS) is 11.6. The van der Waals surface area contributed by atoms with E-state index in [1.54, 1.807) is 38.6 Å². The van der Waals surface area contributed by atoms with Gasteiger partial charge >= 0.3 is 0 Å². The van der Waals surface area contributed by atoms with Gasteiger partial charge in [0.2, 0.25) is 5.91 Å². The van der Waals surface area contributed by atoms with Gasteiger partial charge in [-0.1, -0.05) is 29.3 Å². The molecule has 4 heterocycles. The van der Waals surface area contributed by atoms with Crippen molar-refractivity contribution in [3.63, 3.8) is 0 Å². The van der Waals surface area contributed by atoms with Crippen molar-refractivity contribution in [2.24, 2.45) is 0 Å². The molecule has 4 aromatic heterocycles. The van der Waals surface area contributed by atoms with Crippen LogP contribution in [0.1, 0.15) is 18.2 Å². The Morgan fingerprint density at radius 2 is 1.91 bits per heavy atom. The molecule has 1 atom stereocenters. The van der Waals surface area contributed by atoms with Crippen LogP contribution in [-0.2, 0) is 4.79 Å². The summed E-state index contributed by atoms with van der Waals surface area (Å²) in [5.74, 6) is 7.32. The van der Waals surface area contributed by atoms with Gasteiger partial charge in [0.1, 0.15) is 29.3 Å². The van der Waals surface area contributed by atoms with E-state index in [1.807, 2.05) is 59.1 Å². The van der Waals surface area contributed by atoms with Crippen molar-refractivity contribution >= 4 is 17.2 Å². The first-order valence-corrected chi connectivity index (χ1v) is 11.1. The second-order valence-corrected chi connectivity index (χ2v) is 7.88. The minimum atomic E-state index is -0.356. The maximum Gasteiger partial charge on any atom is 0.242 e. The summed E-state index contributed by atoms with van der Waals surface area (Å²) in [4.78, 5) is 21.6. The van der Waals surface area contributed by atoms with Gasteiger partial charge in [-0.2, -0.15) is 0 Å². The summed E-state index contributed by atoms with van der Waals surface area (Å²) in [6.07, 6.45) is 5.29. The van der Waals surface area contributed by atoms with Crippen molar-refractivity contribution in [3.05, 3.63) is 90.6 Å². The van der Waals surface area contributed by atoms with E-state index >= 15 is 0 Å². The Hall–Kier alpha value is -4.74. The number of nitrogens with zero attached hydrogens (tertiary/aromatic N) is 4. The number of likely N-dealkylation sites (N-methyl/N-ethyl adjacent to an activating group) is 1. The molecule has 0 aliphatic rings. The van der Waals surface area contributed by atoms with Gasteiger partial charge in [0.05, 0.1) is 23.3 Å². The first-order valence-electron chi connectivity index (χ1n) is 11.1. The largest absolute Gasteiger partial charge is 0.364 e. The molecule has 1 unspecified atom stereocenters. The van der Waals surface area contributed by atoms with E-state index in [4.69, 9.17) is 4.52 Å². The van der Waals surface area contributed by atoms with Crippen LogP contribution in [0.15, 0.2) is 83.8 Å². The van der Waals surface area contributed by atoms with Crippen molar-refractivity contribution in [2.75, 3.05) is 12.4 Å². The van der Waals surface area contributed by atoms with Crippen LogP contribution in [0.5, 0.6) is 0 Å². The van der Waals surface area contributed by atoms with Crippen LogP contribution in [0.25, 0.3) is 28.2 Å². The number of fused-ring (bicyclic) bond motifs is 1. The molecule has 0 radical (unpaired) electrons. The monoisotopic (exact) mass is 462 g/mol. The van der Waals surface area contributed by atoms with E-state index < -0.39 is 0 Å². The van der Waals surface area contributed by atoms with Gasteiger partial charge < -0.3 is 15.2 Å². The van der Waals surface area contributed by atoms with Gasteiger partial charge in [0, 0.05) is 23.4 Å². The molecule has 0 fully saturated rings. The summed E-state index contributed by atoms with van der Waals surface area (Å²) in [6, 6.07) is 18.7. The van der Waals surface area contributed by atoms with Crippen LogP contribution >= 0.6 is 0 Å². The molecule has 35 heavy (non-hydrogen) atoms. The van der Waals surface area contributed by atoms with Crippen molar-refractivity contribution < 1.29 is 9.32 Å². The first-order chi connectivity index (χ1) is 17.1. The molecule has 0 aliphatic carbocycles. The Kier molecular flexibility index (Phi) is 6.07. The zero-order valence-corrected chi connectivity index (χ0v) is 19.2. The fourth-order valence-corrected chi connectivity index (χ4v) is 3.53. The molecule has 0 saturated carbocycles. The van der Waals surface area contributed by atoms with E-state index in [0.29, 0.717) is 11.5 Å². The highest BCUT2D eigenvalue weighted by Gasteiger charge is 2.15. The second kappa shape index (κ2) is 9.63. The van der Waals surface area contributed by atoms with Gasteiger partial charge in [-0.25, -0.2) is 9.97 Å². The van der Waals surface area contributed by atoms with Crippen molar-refractivity contribution in [2.45, 2.75) is 13.0 Å². The third-order valence-corrected chi connectivity index (χ3v) is 5.60. The highest BCUT2D eigenvalue weighted by molar-refractivity contribution is 5.94. The Morgan fingerprint density at radius 3 is 2.69 bits per heavy atom. The van der Waals surface area contributed by atoms with Crippen LogP contribution in [-0.4, -0.2) is 38.5 Å². The number of carbonyl (C=O) groups excluding carboxylic acids is 1. The number of hydrogen-bond acceptors (Lipinski definition) is 6. The van der Waals surface area contributed by atoms with E-state index in [1.165, 1.54) is 0 Å². The number of nitrogens with one attached hydrogen (secondary N) is 2. The smallest absolute Gasteiger partial charge is 0.242 e. The Bertz CT molecular complexity index is 1540. The molecule has 0 bridgehead atoms. The van der Waals surface area contributed by atoms with Crippen LogP contribution < -0.4 is 10.6 Å². The van der Waals surface area contributed by atoms with Crippen LogP contribution in [0.2, 0.25) is 0 Å². The van der Waals surface area contributed by atoms with Gasteiger partial charge in [0.25, 0.3) is 0 Å². The quantitative estimate of drug-likeness (QED) is 0.383. The lowest BCUT2D eigenvalue weighted by atomic mass is 10.1. The third kappa shape index (κ3) is 4.67. The van der Waals surface area contributed by atoms with E-state index in [9.17, 15) is 4.79 Å². The molecule has 5 aromatic rings. The van der Waals surface area contributed by atoms with E-state index in [2.05, 4.69) is 37.6 Å². The highest BCUT2D eigenvalue weighted by atomic mass is 16.5. The maximum absolute atomic E-state index is 12.4. The number of rotatable bonds is 5.